The molecule has 28 heavy (non-hydrogen) atoms. The average molecular weight is 383 g/mol. The molecule has 1 aliphatic rings. The molecule has 2 N–H and O–H groups in total. The van der Waals surface area contributed by atoms with E-state index in [9.17, 15) is 9.59 Å². The van der Waals surface area contributed by atoms with Gasteiger partial charge in [-0.3, -0.25) is 9.59 Å². The Morgan fingerprint density at radius 1 is 1.14 bits per heavy atom. The maximum atomic E-state index is 12.8. The van der Waals surface area contributed by atoms with Crippen LogP contribution in [0.5, 0.6) is 0 Å². The molecule has 0 saturated carbocycles. The van der Waals surface area contributed by atoms with E-state index in [0.717, 1.165) is 61.9 Å². The van der Waals surface area contributed by atoms with E-state index in [0.29, 0.717) is 24.6 Å². The third-order valence-corrected chi connectivity index (χ3v) is 5.14. The molecular formula is C22H30N4O2. The number of aromatic nitrogens is 2. The van der Waals surface area contributed by atoms with Crippen LogP contribution in [-0.2, 0) is 19.5 Å². The van der Waals surface area contributed by atoms with Crippen molar-refractivity contribution in [2.24, 2.45) is 0 Å². The van der Waals surface area contributed by atoms with Crippen LogP contribution in [0, 0.1) is 6.92 Å². The van der Waals surface area contributed by atoms with Crippen molar-refractivity contribution in [1.29, 1.82) is 0 Å². The lowest BCUT2D eigenvalue weighted by Gasteiger charge is -2.17. The van der Waals surface area contributed by atoms with Gasteiger partial charge < -0.3 is 15.2 Å². The zero-order valence-electron chi connectivity index (χ0n) is 16.9. The summed E-state index contributed by atoms with van der Waals surface area (Å²) >= 11 is 0. The van der Waals surface area contributed by atoms with Crippen LogP contribution in [0.3, 0.4) is 0 Å². The van der Waals surface area contributed by atoms with Crippen LogP contribution >= 0.6 is 0 Å². The predicted octanol–water partition coefficient (Wildman–Crippen LogP) is 3.38. The van der Waals surface area contributed by atoms with E-state index in [4.69, 9.17) is 0 Å². The Labute approximate surface area is 166 Å². The molecule has 2 heterocycles. The molecule has 2 amide bonds. The zero-order valence-corrected chi connectivity index (χ0v) is 16.9. The lowest BCUT2D eigenvalue weighted by Crippen LogP contribution is -2.27. The zero-order chi connectivity index (χ0) is 19.9. The van der Waals surface area contributed by atoms with Crippen molar-refractivity contribution in [3.63, 3.8) is 0 Å². The summed E-state index contributed by atoms with van der Waals surface area (Å²) in [6.07, 6.45) is 5.97. The number of hydrogen-bond donors (Lipinski definition) is 2. The summed E-state index contributed by atoms with van der Waals surface area (Å²) in [5.41, 5.74) is 3.51. The van der Waals surface area contributed by atoms with Gasteiger partial charge in [-0.25, -0.2) is 4.98 Å². The van der Waals surface area contributed by atoms with Crippen LogP contribution in [0.1, 0.15) is 77.0 Å². The Morgan fingerprint density at radius 2 is 2.00 bits per heavy atom. The minimum absolute atomic E-state index is 0.167. The molecule has 6 nitrogen and oxygen atoms in total. The average Bonchev–Trinajstić information content (AvgIpc) is 3.09. The normalized spacial score (nSPS) is 13.1. The third kappa shape index (κ3) is 4.80. The van der Waals surface area contributed by atoms with Crippen LogP contribution in [0.25, 0.3) is 0 Å². The van der Waals surface area contributed by atoms with Crippen LogP contribution in [-0.4, -0.2) is 27.9 Å². The van der Waals surface area contributed by atoms with Crippen LogP contribution in [0.2, 0.25) is 0 Å². The number of nitrogens with zero attached hydrogens (tertiary/aromatic N) is 2. The first-order valence-corrected chi connectivity index (χ1v) is 10.3. The molecule has 0 spiro atoms. The van der Waals surface area contributed by atoms with Crippen molar-refractivity contribution in [1.82, 2.24) is 20.2 Å². The van der Waals surface area contributed by atoms with E-state index >= 15 is 0 Å². The molecule has 0 saturated heterocycles. The van der Waals surface area contributed by atoms with Gasteiger partial charge in [-0.1, -0.05) is 49.6 Å². The summed E-state index contributed by atoms with van der Waals surface area (Å²) in [4.78, 5) is 29.9. The third-order valence-electron chi connectivity index (χ3n) is 5.14. The maximum Gasteiger partial charge on any atom is 0.287 e. The lowest BCUT2D eigenvalue weighted by molar-refractivity contribution is 0.0935. The predicted molar refractivity (Wildman–Crippen MR) is 109 cm³/mol. The first kappa shape index (κ1) is 20.1. The van der Waals surface area contributed by atoms with Crippen molar-refractivity contribution in [3.05, 3.63) is 52.6 Å². The molecule has 1 aliphatic heterocycles. The maximum absolute atomic E-state index is 12.8. The quantitative estimate of drug-likeness (QED) is 0.687. The number of imidazole rings is 1. The molecule has 0 aliphatic carbocycles. The van der Waals surface area contributed by atoms with Gasteiger partial charge in [0.15, 0.2) is 5.82 Å². The summed E-state index contributed by atoms with van der Waals surface area (Å²) in [6.45, 7) is 5.99. The Bertz CT molecular complexity index is 841. The highest BCUT2D eigenvalue weighted by atomic mass is 16.2. The van der Waals surface area contributed by atoms with Crippen LogP contribution < -0.4 is 10.6 Å². The van der Waals surface area contributed by atoms with Crippen LogP contribution in [0.15, 0.2) is 24.3 Å². The largest absolute Gasteiger partial charge is 0.351 e. The second-order valence-corrected chi connectivity index (χ2v) is 7.47. The van der Waals surface area contributed by atoms with Gasteiger partial charge in [-0.2, -0.15) is 0 Å². The second kappa shape index (κ2) is 9.53. The summed E-state index contributed by atoms with van der Waals surface area (Å²) in [5, 5.41) is 5.90. The highest BCUT2D eigenvalue weighted by molar-refractivity contribution is 5.97. The van der Waals surface area contributed by atoms with E-state index in [1.54, 1.807) is 0 Å². The topological polar surface area (TPSA) is 76.0 Å². The first-order chi connectivity index (χ1) is 13.6. The Kier molecular flexibility index (Phi) is 6.85. The Balaban J connectivity index is 1.72. The number of amides is 2. The highest BCUT2D eigenvalue weighted by Gasteiger charge is 2.27. The summed E-state index contributed by atoms with van der Waals surface area (Å²) in [6, 6.07) is 8.05. The molecule has 1 aromatic heterocycles. The smallest absolute Gasteiger partial charge is 0.287 e. The van der Waals surface area contributed by atoms with E-state index in [-0.39, 0.29) is 11.8 Å². The molecule has 1 aromatic carbocycles. The highest BCUT2D eigenvalue weighted by Crippen LogP contribution is 2.21. The van der Waals surface area contributed by atoms with Gasteiger partial charge in [0, 0.05) is 19.6 Å². The number of unbranched alkanes of at least 4 members (excludes halogenated alkanes) is 2. The minimum Gasteiger partial charge on any atom is -0.351 e. The molecule has 2 aromatic rings. The standard InChI is InChI=1S/C22H30N4O2/c1-3-4-6-12-23-21(27)19-18-11-5-7-13-26(18)20(25-19)22(28)24-15-17-10-8-9-16(2)14-17/h8-10,14H,3-7,11-13,15H2,1-2H3,(H,23,27)(H,24,28). The molecule has 0 atom stereocenters. The number of fused-ring (bicyclic) bond motifs is 1. The minimum atomic E-state index is -0.227. The van der Waals surface area contributed by atoms with Gasteiger partial charge in [-0.15, -0.1) is 0 Å². The molecule has 150 valence electrons. The fourth-order valence-electron chi connectivity index (χ4n) is 3.64. The molecule has 0 unspecified atom stereocenters. The molecular weight excluding hydrogens is 352 g/mol. The van der Waals surface area contributed by atoms with E-state index in [1.807, 2.05) is 29.7 Å². The number of aryl methyl sites for hydroxylation is 1. The molecule has 3 rings (SSSR count). The van der Waals surface area contributed by atoms with E-state index in [1.165, 1.54) is 0 Å². The SMILES string of the molecule is CCCCCNC(=O)c1nc(C(=O)NCc2cccc(C)c2)n2c1CCCC2. The van der Waals surface area contributed by atoms with Gasteiger partial charge in [0.05, 0.1) is 5.69 Å². The number of benzene rings is 1. The van der Waals surface area contributed by atoms with Crippen molar-refractivity contribution < 1.29 is 9.59 Å². The fraction of sp³-hybridized carbons (Fsp3) is 0.500. The Morgan fingerprint density at radius 3 is 2.79 bits per heavy atom. The summed E-state index contributed by atoms with van der Waals surface area (Å²) < 4.78 is 1.93. The number of hydrogen-bond acceptors (Lipinski definition) is 3. The number of rotatable bonds is 8. The number of carbonyl (C=O) groups is 2. The number of nitrogens with one attached hydrogen (secondary N) is 2. The molecule has 0 fully saturated rings. The summed E-state index contributed by atoms with van der Waals surface area (Å²) in [5.74, 6) is -0.0461. The van der Waals surface area contributed by atoms with Crippen molar-refractivity contribution >= 4 is 11.8 Å². The molecule has 0 bridgehead atoms. The number of carbonyl (C=O) groups excluding carboxylic acids is 2. The van der Waals surface area contributed by atoms with Crippen molar-refractivity contribution in [2.45, 2.75) is 65.5 Å². The second-order valence-electron chi connectivity index (χ2n) is 7.47. The monoisotopic (exact) mass is 382 g/mol. The summed E-state index contributed by atoms with van der Waals surface area (Å²) in [7, 11) is 0. The van der Waals surface area contributed by atoms with Gasteiger partial charge in [0.2, 0.25) is 0 Å². The van der Waals surface area contributed by atoms with Gasteiger partial charge in [0.25, 0.3) is 11.8 Å². The lowest BCUT2D eigenvalue weighted by atomic mass is 10.1. The van der Waals surface area contributed by atoms with Crippen molar-refractivity contribution in [3.8, 4) is 0 Å². The fourth-order valence-corrected chi connectivity index (χ4v) is 3.64. The molecule has 6 heteroatoms. The first-order valence-electron chi connectivity index (χ1n) is 10.3. The Hall–Kier alpha value is -2.63. The van der Waals surface area contributed by atoms with E-state index < -0.39 is 0 Å². The van der Waals surface area contributed by atoms with E-state index in [2.05, 4.69) is 28.6 Å². The van der Waals surface area contributed by atoms with Gasteiger partial charge >= 0.3 is 0 Å². The van der Waals surface area contributed by atoms with Crippen LogP contribution in [0.4, 0.5) is 0 Å². The molecule has 0 radical (unpaired) electrons. The van der Waals surface area contributed by atoms with Crippen molar-refractivity contribution in [2.75, 3.05) is 6.54 Å². The van der Waals surface area contributed by atoms with Gasteiger partial charge in [-0.05, 0) is 38.2 Å². The van der Waals surface area contributed by atoms with Gasteiger partial charge in [0.1, 0.15) is 5.69 Å².